The van der Waals surface area contributed by atoms with Crippen LogP contribution < -0.4 is 5.32 Å². The number of nitrogens with one attached hydrogen (secondary N) is 1. The molecule has 0 spiro atoms. The molecule has 1 N–H and O–H groups in total. The summed E-state index contributed by atoms with van der Waals surface area (Å²) < 4.78 is 12.9. The fourth-order valence-electron chi connectivity index (χ4n) is 2.65. The third-order valence-electron chi connectivity index (χ3n) is 3.58. The smallest absolute Gasteiger partial charge is 0.254 e. The summed E-state index contributed by atoms with van der Waals surface area (Å²) in [7, 11) is 0. The lowest BCUT2D eigenvalue weighted by molar-refractivity contribution is 0.0565. The van der Waals surface area contributed by atoms with Gasteiger partial charge in [-0.25, -0.2) is 4.39 Å². The Morgan fingerprint density at radius 3 is 2.37 bits per heavy atom. The molecule has 104 valence electrons. The molecule has 1 aliphatic heterocycles. The maximum absolute atomic E-state index is 12.9. The first-order chi connectivity index (χ1) is 9.09. The zero-order valence-corrected chi connectivity index (χ0v) is 11.5. The molecule has 0 radical (unpaired) electrons. The van der Waals surface area contributed by atoms with E-state index >= 15 is 0 Å². The fourth-order valence-corrected chi connectivity index (χ4v) is 2.65. The van der Waals surface area contributed by atoms with Crippen molar-refractivity contribution in [3.05, 3.63) is 35.6 Å². The predicted molar refractivity (Wildman–Crippen MR) is 73.6 cm³/mol. The van der Waals surface area contributed by atoms with Crippen LogP contribution >= 0.6 is 0 Å². The molecule has 0 unspecified atom stereocenters. The number of carbonyl (C=O) groups is 1. The van der Waals surface area contributed by atoms with E-state index in [2.05, 4.69) is 5.32 Å². The highest BCUT2D eigenvalue weighted by atomic mass is 19.1. The van der Waals surface area contributed by atoms with E-state index in [1.165, 1.54) is 12.1 Å². The van der Waals surface area contributed by atoms with Crippen LogP contribution in [0.1, 0.15) is 37.0 Å². The van der Waals surface area contributed by atoms with Gasteiger partial charge >= 0.3 is 0 Å². The van der Waals surface area contributed by atoms with Crippen LogP contribution in [-0.4, -0.2) is 36.0 Å². The number of hydrogen-bond acceptors (Lipinski definition) is 2. The van der Waals surface area contributed by atoms with Crippen LogP contribution in [0.15, 0.2) is 24.3 Å². The number of halogens is 1. The van der Waals surface area contributed by atoms with E-state index < -0.39 is 0 Å². The molecule has 1 amide bonds. The molecule has 1 saturated heterocycles. The molecule has 2 rings (SSSR count). The van der Waals surface area contributed by atoms with Crippen molar-refractivity contribution in [1.29, 1.82) is 0 Å². The third kappa shape index (κ3) is 3.32. The minimum atomic E-state index is -0.311. The molecule has 4 heteroatoms. The summed E-state index contributed by atoms with van der Waals surface area (Å²) in [5.41, 5.74) is 0.564. The van der Waals surface area contributed by atoms with Crippen molar-refractivity contribution < 1.29 is 9.18 Å². The average Bonchev–Trinajstić information content (AvgIpc) is 2.40. The lowest BCUT2D eigenvalue weighted by atomic mass is 10.0. The number of rotatable bonds is 3. The van der Waals surface area contributed by atoms with Crippen molar-refractivity contribution in [2.45, 2.75) is 38.8 Å². The Balaban J connectivity index is 2.18. The summed E-state index contributed by atoms with van der Waals surface area (Å²) >= 11 is 0. The second-order valence-electron chi connectivity index (χ2n) is 5.29. The van der Waals surface area contributed by atoms with Crippen molar-refractivity contribution in [2.24, 2.45) is 0 Å². The molecular formula is C15H21FN2O. The van der Waals surface area contributed by atoms with E-state index in [0.717, 1.165) is 25.9 Å². The number of benzene rings is 1. The maximum atomic E-state index is 12.9. The molecule has 0 bridgehead atoms. The van der Waals surface area contributed by atoms with Gasteiger partial charge in [0.25, 0.3) is 5.91 Å². The van der Waals surface area contributed by atoms with Gasteiger partial charge in [-0.05, 0) is 64.0 Å². The zero-order chi connectivity index (χ0) is 13.8. The largest absolute Gasteiger partial charge is 0.333 e. The third-order valence-corrected chi connectivity index (χ3v) is 3.58. The Hall–Kier alpha value is -1.42. The van der Waals surface area contributed by atoms with Gasteiger partial charge in [-0.2, -0.15) is 0 Å². The van der Waals surface area contributed by atoms with Gasteiger partial charge in [-0.15, -0.1) is 0 Å². The first-order valence-corrected chi connectivity index (χ1v) is 6.88. The quantitative estimate of drug-likeness (QED) is 0.909. The minimum Gasteiger partial charge on any atom is -0.333 e. The van der Waals surface area contributed by atoms with Gasteiger partial charge in [0.05, 0.1) is 0 Å². The highest BCUT2D eigenvalue weighted by molar-refractivity contribution is 5.94. The summed E-state index contributed by atoms with van der Waals surface area (Å²) in [6.07, 6.45) is 1.95. The minimum absolute atomic E-state index is 0.00176. The van der Waals surface area contributed by atoms with Crippen molar-refractivity contribution >= 4 is 5.91 Å². The maximum Gasteiger partial charge on any atom is 0.254 e. The molecule has 0 atom stereocenters. The van der Waals surface area contributed by atoms with Crippen LogP contribution in [0.5, 0.6) is 0 Å². The average molecular weight is 264 g/mol. The summed E-state index contributed by atoms with van der Waals surface area (Å²) in [4.78, 5) is 14.5. The summed E-state index contributed by atoms with van der Waals surface area (Å²) in [5, 5.41) is 3.31. The number of hydrogen-bond donors (Lipinski definition) is 1. The number of piperidine rings is 1. The molecule has 1 aromatic carbocycles. The van der Waals surface area contributed by atoms with Gasteiger partial charge in [-0.3, -0.25) is 4.79 Å². The second kappa shape index (κ2) is 6.15. The molecule has 0 saturated carbocycles. The van der Waals surface area contributed by atoms with E-state index in [1.807, 2.05) is 18.7 Å². The van der Waals surface area contributed by atoms with Crippen LogP contribution in [0, 0.1) is 5.82 Å². The van der Waals surface area contributed by atoms with E-state index in [-0.39, 0.29) is 23.8 Å². The summed E-state index contributed by atoms with van der Waals surface area (Å²) in [5.74, 6) is -0.309. The van der Waals surface area contributed by atoms with Gasteiger partial charge in [0.15, 0.2) is 0 Å². The monoisotopic (exact) mass is 264 g/mol. The summed E-state index contributed by atoms with van der Waals surface area (Å²) in [6.45, 7) is 5.96. The topological polar surface area (TPSA) is 32.3 Å². The second-order valence-corrected chi connectivity index (χ2v) is 5.29. The van der Waals surface area contributed by atoms with Gasteiger partial charge in [0.2, 0.25) is 0 Å². The van der Waals surface area contributed by atoms with Crippen LogP contribution in [0.25, 0.3) is 0 Å². The molecule has 0 aliphatic carbocycles. The Labute approximate surface area is 113 Å². The predicted octanol–water partition coefficient (Wildman–Crippen LogP) is 2.43. The van der Waals surface area contributed by atoms with Gasteiger partial charge in [-0.1, -0.05) is 0 Å². The van der Waals surface area contributed by atoms with Gasteiger partial charge < -0.3 is 10.2 Å². The molecule has 1 fully saturated rings. The first-order valence-electron chi connectivity index (χ1n) is 6.88. The first kappa shape index (κ1) is 14.0. The number of amides is 1. The molecule has 1 aromatic rings. The van der Waals surface area contributed by atoms with Crippen LogP contribution in [0.3, 0.4) is 0 Å². The highest BCUT2D eigenvalue weighted by Gasteiger charge is 2.28. The van der Waals surface area contributed by atoms with E-state index in [9.17, 15) is 9.18 Å². The fraction of sp³-hybridized carbons (Fsp3) is 0.533. The van der Waals surface area contributed by atoms with Crippen LogP contribution in [-0.2, 0) is 0 Å². The standard InChI is InChI=1S/C15H21FN2O/c1-11(2)18(14-7-9-17-10-8-14)15(19)12-3-5-13(16)6-4-12/h3-6,11,14,17H,7-10H2,1-2H3. The van der Waals surface area contributed by atoms with E-state index in [1.54, 1.807) is 12.1 Å². The van der Waals surface area contributed by atoms with Crippen molar-refractivity contribution in [3.8, 4) is 0 Å². The van der Waals surface area contributed by atoms with Crippen molar-refractivity contribution in [2.75, 3.05) is 13.1 Å². The Kier molecular flexibility index (Phi) is 4.53. The molecule has 1 heterocycles. The number of carbonyl (C=O) groups excluding carboxylic acids is 1. The van der Waals surface area contributed by atoms with E-state index in [0.29, 0.717) is 5.56 Å². The van der Waals surface area contributed by atoms with Crippen LogP contribution in [0.2, 0.25) is 0 Å². The SMILES string of the molecule is CC(C)N(C(=O)c1ccc(F)cc1)C1CCNCC1. The normalized spacial score (nSPS) is 16.6. The van der Waals surface area contributed by atoms with Crippen molar-refractivity contribution in [3.63, 3.8) is 0 Å². The molecule has 0 aromatic heterocycles. The molecular weight excluding hydrogens is 243 g/mol. The Bertz CT molecular complexity index is 424. The molecule has 1 aliphatic rings. The van der Waals surface area contributed by atoms with E-state index in [4.69, 9.17) is 0 Å². The van der Waals surface area contributed by atoms with Gasteiger partial charge in [0, 0.05) is 17.6 Å². The Morgan fingerprint density at radius 2 is 1.84 bits per heavy atom. The Morgan fingerprint density at radius 1 is 1.26 bits per heavy atom. The number of nitrogens with zero attached hydrogens (tertiary/aromatic N) is 1. The zero-order valence-electron chi connectivity index (χ0n) is 11.5. The summed E-state index contributed by atoms with van der Waals surface area (Å²) in [6, 6.07) is 6.24. The van der Waals surface area contributed by atoms with Crippen molar-refractivity contribution in [1.82, 2.24) is 10.2 Å². The molecule has 19 heavy (non-hydrogen) atoms. The lowest BCUT2D eigenvalue weighted by Gasteiger charge is -2.37. The lowest BCUT2D eigenvalue weighted by Crippen LogP contribution is -2.49. The van der Waals surface area contributed by atoms with Gasteiger partial charge in [0.1, 0.15) is 5.82 Å². The highest BCUT2D eigenvalue weighted by Crippen LogP contribution is 2.19. The molecule has 3 nitrogen and oxygen atoms in total. The van der Waals surface area contributed by atoms with Crippen LogP contribution in [0.4, 0.5) is 4.39 Å².